The molecule has 0 atom stereocenters. The second kappa shape index (κ2) is 6.92. The maximum atomic E-state index is 13.5. The van der Waals surface area contributed by atoms with Gasteiger partial charge in [-0.1, -0.05) is 54.6 Å². The molecule has 0 radical (unpaired) electrons. The molecule has 3 heteroatoms. The van der Waals surface area contributed by atoms with Gasteiger partial charge in [0.2, 0.25) is 0 Å². The summed E-state index contributed by atoms with van der Waals surface area (Å²) >= 11 is 0. The van der Waals surface area contributed by atoms with Gasteiger partial charge in [0, 0.05) is 5.56 Å². The van der Waals surface area contributed by atoms with Crippen LogP contribution in [0.3, 0.4) is 0 Å². The van der Waals surface area contributed by atoms with Gasteiger partial charge in [0.05, 0.1) is 0 Å². The minimum Gasteiger partial charge on any atom is -0.508 e. The highest BCUT2D eigenvalue weighted by Gasteiger charge is 2.10. The Morgan fingerprint density at radius 2 is 1.67 bits per heavy atom. The molecule has 3 aromatic rings. The third-order valence-electron chi connectivity index (χ3n) is 3.65. The van der Waals surface area contributed by atoms with Crippen LogP contribution in [0.1, 0.15) is 15.9 Å². The number of allylic oxidation sites excluding steroid dienone is 1. The lowest BCUT2D eigenvalue weighted by atomic mass is 9.96. The normalized spacial score (nSPS) is 10.9. The van der Waals surface area contributed by atoms with Gasteiger partial charge in [0.1, 0.15) is 11.6 Å². The molecule has 0 aromatic heterocycles. The highest BCUT2D eigenvalue weighted by Crippen LogP contribution is 2.25. The molecule has 0 aliphatic carbocycles. The summed E-state index contributed by atoms with van der Waals surface area (Å²) < 4.78 is 13.5. The Labute approximate surface area is 139 Å². The van der Waals surface area contributed by atoms with Crippen LogP contribution in [-0.4, -0.2) is 10.9 Å². The van der Waals surface area contributed by atoms with Gasteiger partial charge in [-0.15, -0.1) is 0 Å². The Hall–Kier alpha value is -3.20. The third-order valence-corrected chi connectivity index (χ3v) is 3.65. The maximum Gasteiger partial charge on any atom is 0.186 e. The van der Waals surface area contributed by atoms with Crippen LogP contribution >= 0.6 is 0 Å². The largest absolute Gasteiger partial charge is 0.508 e. The van der Waals surface area contributed by atoms with E-state index in [1.165, 1.54) is 18.2 Å². The number of benzene rings is 3. The summed E-state index contributed by atoms with van der Waals surface area (Å²) in [7, 11) is 0. The molecule has 0 spiro atoms. The lowest BCUT2D eigenvalue weighted by Gasteiger charge is -2.07. The van der Waals surface area contributed by atoms with Crippen molar-refractivity contribution in [1.82, 2.24) is 0 Å². The predicted octanol–water partition coefficient (Wildman–Crippen LogP) is 5.09. The van der Waals surface area contributed by atoms with E-state index in [4.69, 9.17) is 0 Å². The Kier molecular flexibility index (Phi) is 4.52. The van der Waals surface area contributed by atoms with Crippen LogP contribution in [0.25, 0.3) is 17.2 Å². The smallest absolute Gasteiger partial charge is 0.186 e. The zero-order valence-electron chi connectivity index (χ0n) is 12.8. The van der Waals surface area contributed by atoms with Crippen molar-refractivity contribution in [2.75, 3.05) is 0 Å². The summed E-state index contributed by atoms with van der Waals surface area (Å²) in [4.78, 5) is 12.5. The van der Waals surface area contributed by atoms with E-state index in [0.29, 0.717) is 16.7 Å². The molecule has 24 heavy (non-hydrogen) atoms. The first-order valence-electron chi connectivity index (χ1n) is 7.50. The Balaban J connectivity index is 1.92. The zero-order chi connectivity index (χ0) is 16.9. The van der Waals surface area contributed by atoms with Gasteiger partial charge in [0.15, 0.2) is 5.78 Å². The topological polar surface area (TPSA) is 37.3 Å². The number of halogens is 1. The lowest BCUT2D eigenvalue weighted by molar-refractivity contribution is 0.104. The van der Waals surface area contributed by atoms with Crippen molar-refractivity contribution < 1.29 is 14.3 Å². The number of aromatic hydroxyl groups is 1. The number of rotatable bonds is 4. The average Bonchev–Trinajstić information content (AvgIpc) is 2.61. The molecule has 0 saturated carbocycles. The highest BCUT2D eigenvalue weighted by molar-refractivity contribution is 6.10. The van der Waals surface area contributed by atoms with Crippen molar-refractivity contribution in [1.29, 1.82) is 0 Å². The van der Waals surface area contributed by atoms with Crippen LogP contribution in [0.4, 0.5) is 4.39 Å². The van der Waals surface area contributed by atoms with Crippen LogP contribution in [-0.2, 0) is 0 Å². The second-order valence-electron chi connectivity index (χ2n) is 5.35. The van der Waals surface area contributed by atoms with Crippen LogP contribution < -0.4 is 0 Å². The molecule has 3 aromatic carbocycles. The number of phenolic OH excluding ortho intramolecular Hbond substituents is 1. The van der Waals surface area contributed by atoms with Crippen LogP contribution in [0.15, 0.2) is 78.9 Å². The van der Waals surface area contributed by atoms with Crippen LogP contribution in [0.5, 0.6) is 5.75 Å². The van der Waals surface area contributed by atoms with Crippen molar-refractivity contribution >= 4 is 11.9 Å². The fraction of sp³-hybridized carbons (Fsp3) is 0. The number of carbonyl (C=O) groups excluding carboxylic acids is 1. The predicted molar refractivity (Wildman–Crippen MR) is 93.3 cm³/mol. The minimum absolute atomic E-state index is 0.164. The van der Waals surface area contributed by atoms with Gasteiger partial charge in [-0.3, -0.25) is 4.79 Å². The van der Waals surface area contributed by atoms with Gasteiger partial charge < -0.3 is 5.11 Å². The van der Waals surface area contributed by atoms with Gasteiger partial charge in [-0.2, -0.15) is 0 Å². The average molecular weight is 318 g/mol. The SMILES string of the molecule is O=C(/C=C/c1ccc(O)cc1)c1ccccc1-c1cccc(F)c1. The van der Waals surface area contributed by atoms with Gasteiger partial charge >= 0.3 is 0 Å². The molecule has 1 N–H and O–H groups in total. The van der Waals surface area contributed by atoms with Crippen LogP contribution in [0, 0.1) is 5.82 Å². The van der Waals surface area contributed by atoms with Crippen molar-refractivity contribution in [2.24, 2.45) is 0 Å². The molecule has 0 fully saturated rings. The first kappa shape index (κ1) is 15.7. The minimum atomic E-state index is -0.339. The summed E-state index contributed by atoms with van der Waals surface area (Å²) in [5.74, 6) is -0.327. The molecule has 0 heterocycles. The molecular weight excluding hydrogens is 303 g/mol. The molecule has 2 nitrogen and oxygen atoms in total. The number of hydrogen-bond acceptors (Lipinski definition) is 2. The van der Waals surface area contributed by atoms with Gasteiger partial charge in [-0.25, -0.2) is 4.39 Å². The second-order valence-corrected chi connectivity index (χ2v) is 5.35. The summed E-state index contributed by atoms with van der Waals surface area (Å²) in [5, 5.41) is 9.28. The Bertz CT molecular complexity index is 896. The van der Waals surface area contributed by atoms with Gasteiger partial charge in [-0.05, 0) is 47.0 Å². The van der Waals surface area contributed by atoms with E-state index < -0.39 is 0 Å². The highest BCUT2D eigenvalue weighted by atomic mass is 19.1. The summed E-state index contributed by atoms with van der Waals surface area (Å²) in [5.41, 5.74) is 2.68. The molecule has 0 saturated heterocycles. The van der Waals surface area contributed by atoms with E-state index in [0.717, 1.165) is 5.56 Å². The fourth-order valence-corrected chi connectivity index (χ4v) is 2.45. The zero-order valence-corrected chi connectivity index (χ0v) is 12.8. The van der Waals surface area contributed by atoms with E-state index in [1.54, 1.807) is 60.7 Å². The van der Waals surface area contributed by atoms with Gasteiger partial charge in [0.25, 0.3) is 0 Å². The number of ketones is 1. The molecule has 0 amide bonds. The quantitative estimate of drug-likeness (QED) is 0.537. The first-order chi connectivity index (χ1) is 11.6. The fourth-order valence-electron chi connectivity index (χ4n) is 2.45. The van der Waals surface area contributed by atoms with E-state index in [2.05, 4.69) is 0 Å². The maximum absolute atomic E-state index is 13.5. The lowest BCUT2D eigenvalue weighted by Crippen LogP contribution is -1.97. The van der Waals surface area contributed by atoms with Crippen LogP contribution in [0.2, 0.25) is 0 Å². The molecular formula is C21H15FO2. The Morgan fingerprint density at radius 3 is 2.42 bits per heavy atom. The molecule has 0 aliphatic rings. The number of phenols is 1. The van der Waals surface area contributed by atoms with Crippen molar-refractivity contribution in [3.05, 3.63) is 95.8 Å². The summed E-state index contributed by atoms with van der Waals surface area (Å²) in [6.45, 7) is 0. The summed E-state index contributed by atoms with van der Waals surface area (Å²) in [6, 6.07) is 19.9. The van der Waals surface area contributed by atoms with E-state index in [1.807, 2.05) is 6.07 Å². The standard InChI is InChI=1S/C21H15FO2/c22-17-5-3-4-16(14-17)19-6-1-2-7-20(19)21(24)13-10-15-8-11-18(23)12-9-15/h1-14,23H/b13-10+. The van der Waals surface area contributed by atoms with E-state index >= 15 is 0 Å². The van der Waals surface area contributed by atoms with E-state index in [9.17, 15) is 14.3 Å². The van der Waals surface area contributed by atoms with Crippen molar-refractivity contribution in [3.8, 4) is 16.9 Å². The van der Waals surface area contributed by atoms with Crippen molar-refractivity contribution in [3.63, 3.8) is 0 Å². The van der Waals surface area contributed by atoms with E-state index in [-0.39, 0.29) is 17.3 Å². The summed E-state index contributed by atoms with van der Waals surface area (Å²) in [6.07, 6.45) is 3.16. The molecule has 0 aliphatic heterocycles. The number of hydrogen-bond donors (Lipinski definition) is 1. The monoisotopic (exact) mass is 318 g/mol. The first-order valence-corrected chi connectivity index (χ1v) is 7.50. The number of carbonyl (C=O) groups is 1. The third kappa shape index (κ3) is 3.58. The van der Waals surface area contributed by atoms with Crippen molar-refractivity contribution in [2.45, 2.75) is 0 Å². The molecule has 3 rings (SSSR count). The Morgan fingerprint density at radius 1 is 0.917 bits per heavy atom. The molecule has 118 valence electrons. The molecule has 0 unspecified atom stereocenters. The molecule has 0 bridgehead atoms.